The molecule has 0 saturated heterocycles. The van der Waals surface area contributed by atoms with Crippen LogP contribution in [-0.4, -0.2) is 52.0 Å². The lowest BCUT2D eigenvalue weighted by atomic mass is 9.94. The van der Waals surface area contributed by atoms with Crippen molar-refractivity contribution >= 4 is 23.6 Å². The molecule has 0 bridgehead atoms. The highest BCUT2D eigenvalue weighted by atomic mass is 32.2. The van der Waals surface area contributed by atoms with Gasteiger partial charge in [-0.1, -0.05) is 19.3 Å². The van der Waals surface area contributed by atoms with E-state index >= 15 is 0 Å². The lowest BCUT2D eigenvalue weighted by Crippen LogP contribution is -2.42. The maximum absolute atomic E-state index is 12.2. The van der Waals surface area contributed by atoms with Crippen molar-refractivity contribution in [1.29, 1.82) is 0 Å². The van der Waals surface area contributed by atoms with Crippen LogP contribution in [0.4, 0.5) is 0 Å². The van der Waals surface area contributed by atoms with Gasteiger partial charge in [0.2, 0.25) is 5.91 Å². The zero-order valence-corrected chi connectivity index (χ0v) is 13.0. The Morgan fingerprint density at radius 1 is 1.35 bits per heavy atom. The van der Waals surface area contributed by atoms with Gasteiger partial charge in [-0.3, -0.25) is 9.59 Å². The molecule has 116 valence electrons. The minimum absolute atomic E-state index is 0.174. The van der Waals surface area contributed by atoms with Crippen LogP contribution in [0.2, 0.25) is 0 Å². The Hall–Kier alpha value is -0.750. The Morgan fingerprint density at radius 2 is 2.00 bits per heavy atom. The number of rotatable bonds is 8. The molecule has 1 unspecified atom stereocenters. The maximum Gasteiger partial charge on any atom is 0.320 e. The number of carboxylic acid groups (broad SMARTS) is 1. The average Bonchev–Trinajstić information content (AvgIpc) is 2.45. The van der Waals surface area contributed by atoms with Gasteiger partial charge in [0.25, 0.3) is 0 Å². The normalized spacial score (nSPS) is 17.7. The summed E-state index contributed by atoms with van der Waals surface area (Å²) in [5.74, 6) is 0.237. The van der Waals surface area contributed by atoms with Gasteiger partial charge in [-0.2, -0.15) is 11.8 Å². The number of thioether (sulfide) groups is 1. The van der Waals surface area contributed by atoms with E-state index in [2.05, 4.69) is 0 Å². The van der Waals surface area contributed by atoms with Gasteiger partial charge < -0.3 is 15.7 Å². The van der Waals surface area contributed by atoms with Crippen LogP contribution < -0.4 is 5.73 Å². The Labute approximate surface area is 125 Å². The zero-order chi connectivity index (χ0) is 15.0. The molecule has 1 saturated carbocycles. The lowest BCUT2D eigenvalue weighted by Gasteiger charge is -2.33. The van der Waals surface area contributed by atoms with E-state index in [0.717, 1.165) is 19.4 Å². The van der Waals surface area contributed by atoms with Gasteiger partial charge in [-0.25, -0.2) is 0 Å². The summed E-state index contributed by atoms with van der Waals surface area (Å²) < 4.78 is 0. The fraction of sp³-hybridized carbons (Fsp3) is 0.857. The van der Waals surface area contributed by atoms with Crippen molar-refractivity contribution < 1.29 is 14.7 Å². The van der Waals surface area contributed by atoms with Crippen molar-refractivity contribution in [1.82, 2.24) is 4.90 Å². The van der Waals surface area contributed by atoms with Gasteiger partial charge in [-0.05, 0) is 31.9 Å². The molecule has 1 aliphatic rings. The molecule has 0 heterocycles. The van der Waals surface area contributed by atoms with Crippen LogP contribution in [0.25, 0.3) is 0 Å². The third-order valence-electron chi connectivity index (χ3n) is 3.79. The minimum atomic E-state index is -0.977. The predicted molar refractivity (Wildman–Crippen MR) is 81.8 cm³/mol. The molecule has 0 radical (unpaired) electrons. The van der Waals surface area contributed by atoms with E-state index in [4.69, 9.17) is 10.8 Å². The molecule has 6 heteroatoms. The molecule has 1 atom stereocenters. The van der Waals surface area contributed by atoms with Gasteiger partial charge in [0, 0.05) is 12.6 Å². The molecular weight excluding hydrogens is 276 g/mol. The molecule has 5 nitrogen and oxygen atoms in total. The number of hydrogen-bond acceptors (Lipinski definition) is 4. The molecule has 1 rings (SSSR count). The standard InChI is InChI=1S/C14H26N2O3S/c1-2-16(11-6-4-3-5-7-11)13(17)10-20-9-8-12(15)14(18)19/h11-12H,2-10,15H2,1H3,(H,18,19). The SMILES string of the molecule is CCN(C(=O)CSCCC(N)C(=O)O)C1CCCCC1. The third kappa shape index (κ3) is 5.71. The first kappa shape index (κ1) is 17.3. The predicted octanol–water partition coefficient (Wildman–Crippen LogP) is 1.70. The first-order valence-electron chi connectivity index (χ1n) is 7.41. The van der Waals surface area contributed by atoms with Crippen LogP contribution in [0, 0.1) is 0 Å². The summed E-state index contributed by atoms with van der Waals surface area (Å²) in [6.45, 7) is 2.79. The molecule has 20 heavy (non-hydrogen) atoms. The van der Waals surface area contributed by atoms with Crippen molar-refractivity contribution in [2.24, 2.45) is 5.73 Å². The monoisotopic (exact) mass is 302 g/mol. The van der Waals surface area contributed by atoms with E-state index in [0.29, 0.717) is 24.0 Å². The molecule has 1 aliphatic carbocycles. The summed E-state index contributed by atoms with van der Waals surface area (Å²) >= 11 is 1.48. The summed E-state index contributed by atoms with van der Waals surface area (Å²) in [5, 5.41) is 8.68. The highest BCUT2D eigenvalue weighted by Gasteiger charge is 2.23. The molecule has 0 aromatic carbocycles. The first-order valence-corrected chi connectivity index (χ1v) is 8.57. The molecule has 0 spiro atoms. The maximum atomic E-state index is 12.2. The summed E-state index contributed by atoms with van der Waals surface area (Å²) in [5.41, 5.74) is 5.43. The van der Waals surface area contributed by atoms with Crippen LogP contribution in [0.1, 0.15) is 45.4 Å². The Balaban J connectivity index is 2.27. The molecule has 0 aromatic rings. The number of amides is 1. The quantitative estimate of drug-likeness (QED) is 0.667. The van der Waals surface area contributed by atoms with E-state index in [-0.39, 0.29) is 5.91 Å². The van der Waals surface area contributed by atoms with Gasteiger partial charge in [0.1, 0.15) is 6.04 Å². The largest absolute Gasteiger partial charge is 0.480 e. The summed E-state index contributed by atoms with van der Waals surface area (Å²) in [7, 11) is 0. The van der Waals surface area contributed by atoms with Crippen molar-refractivity contribution in [3.8, 4) is 0 Å². The number of hydrogen-bond donors (Lipinski definition) is 2. The fourth-order valence-electron chi connectivity index (χ4n) is 2.61. The highest BCUT2D eigenvalue weighted by molar-refractivity contribution is 7.99. The van der Waals surface area contributed by atoms with Crippen molar-refractivity contribution in [2.75, 3.05) is 18.1 Å². The van der Waals surface area contributed by atoms with Gasteiger partial charge >= 0.3 is 5.97 Å². The van der Waals surface area contributed by atoms with Crippen molar-refractivity contribution in [3.05, 3.63) is 0 Å². The second kappa shape index (κ2) is 9.23. The van der Waals surface area contributed by atoms with Crippen LogP contribution in [0.5, 0.6) is 0 Å². The minimum Gasteiger partial charge on any atom is -0.480 e. The lowest BCUT2D eigenvalue weighted by molar-refractivity contribution is -0.138. The number of carboxylic acids is 1. The topological polar surface area (TPSA) is 83.6 Å². The molecule has 1 amide bonds. The van der Waals surface area contributed by atoms with E-state index < -0.39 is 12.0 Å². The smallest absolute Gasteiger partial charge is 0.320 e. The Morgan fingerprint density at radius 3 is 2.55 bits per heavy atom. The molecule has 0 aliphatic heterocycles. The van der Waals surface area contributed by atoms with E-state index in [9.17, 15) is 9.59 Å². The summed E-state index contributed by atoms with van der Waals surface area (Å²) in [6.07, 6.45) is 6.36. The molecular formula is C14H26N2O3S. The van der Waals surface area contributed by atoms with Crippen LogP contribution in [0.15, 0.2) is 0 Å². The Kier molecular flexibility index (Phi) is 7.99. The van der Waals surface area contributed by atoms with Gasteiger partial charge in [0.15, 0.2) is 0 Å². The van der Waals surface area contributed by atoms with E-state index in [1.54, 1.807) is 0 Å². The number of aliphatic carboxylic acids is 1. The third-order valence-corrected chi connectivity index (χ3v) is 4.77. The van der Waals surface area contributed by atoms with Gasteiger partial charge in [0.05, 0.1) is 5.75 Å². The highest BCUT2D eigenvalue weighted by Crippen LogP contribution is 2.23. The summed E-state index contributed by atoms with van der Waals surface area (Å²) in [6, 6.07) is -0.415. The second-order valence-corrected chi connectivity index (χ2v) is 6.36. The number of nitrogens with zero attached hydrogens (tertiary/aromatic N) is 1. The number of nitrogens with two attached hydrogens (primary N) is 1. The second-order valence-electron chi connectivity index (χ2n) is 5.26. The van der Waals surface area contributed by atoms with Gasteiger partial charge in [-0.15, -0.1) is 0 Å². The molecule has 3 N–H and O–H groups in total. The fourth-order valence-corrected chi connectivity index (χ4v) is 3.51. The van der Waals surface area contributed by atoms with Crippen molar-refractivity contribution in [2.45, 2.75) is 57.5 Å². The zero-order valence-electron chi connectivity index (χ0n) is 12.2. The van der Waals surface area contributed by atoms with Crippen LogP contribution >= 0.6 is 11.8 Å². The summed E-state index contributed by atoms with van der Waals surface area (Å²) in [4.78, 5) is 24.8. The average molecular weight is 302 g/mol. The van der Waals surface area contributed by atoms with Crippen LogP contribution in [0.3, 0.4) is 0 Å². The van der Waals surface area contributed by atoms with E-state index in [1.165, 1.54) is 31.0 Å². The Bertz CT molecular complexity index is 320. The molecule has 0 aromatic heterocycles. The van der Waals surface area contributed by atoms with Crippen LogP contribution in [-0.2, 0) is 9.59 Å². The number of carbonyl (C=O) groups excluding carboxylic acids is 1. The number of carbonyl (C=O) groups is 2. The first-order chi connectivity index (χ1) is 9.56. The molecule has 1 fully saturated rings. The van der Waals surface area contributed by atoms with Crippen molar-refractivity contribution in [3.63, 3.8) is 0 Å². The van der Waals surface area contributed by atoms with E-state index in [1.807, 2.05) is 11.8 Å².